The molecule has 0 N–H and O–H groups in total. The molecule has 0 unspecified atom stereocenters. The fourth-order valence-corrected chi connectivity index (χ4v) is 3.95. The summed E-state index contributed by atoms with van der Waals surface area (Å²) < 4.78 is 18.3. The predicted molar refractivity (Wildman–Crippen MR) is 104 cm³/mol. The van der Waals surface area contributed by atoms with Crippen LogP contribution in [-0.4, -0.2) is 13.2 Å². The van der Waals surface area contributed by atoms with E-state index >= 15 is 0 Å². The lowest BCUT2D eigenvalue weighted by Gasteiger charge is -2.32. The van der Waals surface area contributed by atoms with Crippen molar-refractivity contribution >= 4 is 10.8 Å². The van der Waals surface area contributed by atoms with Crippen LogP contribution in [-0.2, 0) is 17.8 Å². The Bertz CT molecular complexity index is 918. The molecule has 1 heterocycles. The summed E-state index contributed by atoms with van der Waals surface area (Å²) in [4.78, 5) is 0. The first-order valence-electron chi connectivity index (χ1n) is 9.12. The molecule has 4 rings (SSSR count). The quantitative estimate of drug-likeness (QED) is 0.627. The van der Waals surface area contributed by atoms with E-state index in [1.165, 1.54) is 5.56 Å². The molecule has 3 aromatic carbocycles. The van der Waals surface area contributed by atoms with Gasteiger partial charge in [0.15, 0.2) is 0 Å². The highest BCUT2D eigenvalue weighted by molar-refractivity contribution is 5.96. The number of hydrogen-bond acceptors (Lipinski definition) is 3. The third kappa shape index (κ3) is 2.93. The van der Waals surface area contributed by atoms with E-state index in [4.69, 9.17) is 14.2 Å². The van der Waals surface area contributed by atoms with Crippen molar-refractivity contribution in [2.75, 3.05) is 7.11 Å². The third-order valence-electron chi connectivity index (χ3n) is 5.02. The van der Waals surface area contributed by atoms with Crippen LogP contribution in [0.25, 0.3) is 10.8 Å². The van der Waals surface area contributed by atoms with Gasteiger partial charge in [0.1, 0.15) is 18.1 Å². The number of ether oxygens (including phenoxy) is 3. The third-order valence-corrected chi connectivity index (χ3v) is 5.02. The van der Waals surface area contributed by atoms with Crippen LogP contribution >= 0.6 is 0 Å². The molecule has 134 valence electrons. The molecule has 0 spiro atoms. The molecule has 2 atom stereocenters. The molecule has 0 bridgehead atoms. The van der Waals surface area contributed by atoms with Crippen LogP contribution in [0, 0.1) is 0 Å². The molecule has 3 aromatic rings. The molecule has 3 nitrogen and oxygen atoms in total. The van der Waals surface area contributed by atoms with Gasteiger partial charge in [0.2, 0.25) is 0 Å². The molecule has 0 saturated carbocycles. The van der Waals surface area contributed by atoms with Crippen LogP contribution in [0.5, 0.6) is 11.5 Å². The Kier molecular flexibility index (Phi) is 4.56. The fraction of sp³-hybridized carbons (Fsp3) is 0.304. The van der Waals surface area contributed by atoms with Gasteiger partial charge in [-0.15, -0.1) is 0 Å². The van der Waals surface area contributed by atoms with Crippen molar-refractivity contribution in [2.24, 2.45) is 0 Å². The van der Waals surface area contributed by atoms with E-state index in [2.05, 4.69) is 44.2 Å². The average molecular weight is 348 g/mol. The first-order chi connectivity index (χ1) is 12.7. The molecule has 0 fully saturated rings. The largest absolute Gasteiger partial charge is 0.496 e. The Hall–Kier alpha value is -2.52. The van der Waals surface area contributed by atoms with Crippen LogP contribution in [0.1, 0.15) is 36.6 Å². The van der Waals surface area contributed by atoms with E-state index in [9.17, 15) is 0 Å². The summed E-state index contributed by atoms with van der Waals surface area (Å²) in [6, 6.07) is 18.6. The highest BCUT2D eigenvalue weighted by Gasteiger charge is 2.31. The topological polar surface area (TPSA) is 27.7 Å². The second-order valence-electron chi connectivity index (χ2n) is 6.87. The highest BCUT2D eigenvalue weighted by Crippen LogP contribution is 2.47. The van der Waals surface area contributed by atoms with Crippen molar-refractivity contribution in [1.82, 2.24) is 0 Å². The molecular weight excluding hydrogens is 324 g/mol. The molecule has 0 aromatic heterocycles. The Morgan fingerprint density at radius 2 is 1.58 bits per heavy atom. The minimum Gasteiger partial charge on any atom is -0.496 e. The average Bonchev–Trinajstić information content (AvgIpc) is 2.66. The minimum atomic E-state index is -0.0209. The zero-order valence-corrected chi connectivity index (χ0v) is 15.5. The lowest BCUT2D eigenvalue weighted by molar-refractivity contribution is -0.00666. The van der Waals surface area contributed by atoms with Crippen LogP contribution in [0.4, 0.5) is 0 Å². The van der Waals surface area contributed by atoms with Gasteiger partial charge in [-0.2, -0.15) is 0 Å². The number of hydrogen-bond donors (Lipinski definition) is 0. The van der Waals surface area contributed by atoms with Gasteiger partial charge in [-0.25, -0.2) is 0 Å². The number of fused-ring (bicyclic) bond motifs is 2. The Balaban J connectivity index is 1.88. The van der Waals surface area contributed by atoms with Crippen molar-refractivity contribution in [3.8, 4) is 11.5 Å². The van der Waals surface area contributed by atoms with Gasteiger partial charge in [-0.05, 0) is 19.4 Å². The van der Waals surface area contributed by atoms with Crippen LogP contribution < -0.4 is 9.47 Å². The molecule has 1 aliphatic rings. The van der Waals surface area contributed by atoms with Gasteiger partial charge in [-0.1, -0.05) is 54.6 Å². The lowest BCUT2D eigenvalue weighted by Crippen LogP contribution is -2.23. The summed E-state index contributed by atoms with van der Waals surface area (Å²) in [7, 11) is 1.73. The maximum Gasteiger partial charge on any atom is 0.133 e. The van der Waals surface area contributed by atoms with Crippen molar-refractivity contribution < 1.29 is 14.2 Å². The maximum atomic E-state index is 6.39. The normalized spacial score (nSPS) is 19.2. The van der Waals surface area contributed by atoms with E-state index in [-0.39, 0.29) is 12.2 Å². The van der Waals surface area contributed by atoms with Gasteiger partial charge in [0.05, 0.1) is 19.3 Å². The SMILES string of the molecule is COc1c2c(c(OCc3ccccc3)c3ccccc13)C[C@@H](C)O[C@@H]2C. The van der Waals surface area contributed by atoms with Crippen LogP contribution in [0.3, 0.4) is 0 Å². The predicted octanol–water partition coefficient (Wildman–Crippen LogP) is 5.45. The summed E-state index contributed by atoms with van der Waals surface area (Å²) in [6.07, 6.45) is 0.958. The monoisotopic (exact) mass is 348 g/mol. The summed E-state index contributed by atoms with van der Waals surface area (Å²) >= 11 is 0. The molecule has 0 aliphatic carbocycles. The number of methoxy groups -OCH3 is 1. The van der Waals surface area contributed by atoms with Crippen molar-refractivity contribution in [3.05, 3.63) is 71.3 Å². The molecule has 0 saturated heterocycles. The number of rotatable bonds is 4. The van der Waals surface area contributed by atoms with Gasteiger partial charge < -0.3 is 14.2 Å². The smallest absolute Gasteiger partial charge is 0.133 e. The minimum absolute atomic E-state index is 0.0209. The van der Waals surface area contributed by atoms with Gasteiger partial charge in [0, 0.05) is 28.3 Å². The summed E-state index contributed by atoms with van der Waals surface area (Å²) in [5, 5.41) is 2.17. The zero-order valence-electron chi connectivity index (χ0n) is 15.5. The van der Waals surface area contributed by atoms with Crippen molar-refractivity contribution in [1.29, 1.82) is 0 Å². The highest BCUT2D eigenvalue weighted by atomic mass is 16.5. The van der Waals surface area contributed by atoms with E-state index in [0.29, 0.717) is 6.61 Å². The van der Waals surface area contributed by atoms with E-state index in [1.807, 2.05) is 24.3 Å². The van der Waals surface area contributed by atoms with Gasteiger partial charge in [0.25, 0.3) is 0 Å². The molecule has 26 heavy (non-hydrogen) atoms. The molecule has 0 radical (unpaired) electrons. The molecular formula is C23H24O3. The zero-order chi connectivity index (χ0) is 18.1. The summed E-state index contributed by atoms with van der Waals surface area (Å²) in [6.45, 7) is 4.75. The summed E-state index contributed by atoms with van der Waals surface area (Å²) in [5.41, 5.74) is 3.49. The first-order valence-corrected chi connectivity index (χ1v) is 9.12. The summed E-state index contributed by atoms with van der Waals surface area (Å²) in [5.74, 6) is 1.87. The number of benzene rings is 3. The van der Waals surface area contributed by atoms with Crippen LogP contribution in [0.2, 0.25) is 0 Å². The second kappa shape index (κ2) is 7.00. The second-order valence-corrected chi connectivity index (χ2v) is 6.87. The van der Waals surface area contributed by atoms with E-state index in [1.54, 1.807) is 7.11 Å². The van der Waals surface area contributed by atoms with E-state index < -0.39 is 0 Å². The first kappa shape index (κ1) is 16.9. The Labute approximate surface area is 154 Å². The maximum absolute atomic E-state index is 6.39. The Morgan fingerprint density at radius 1 is 0.923 bits per heavy atom. The fourth-order valence-electron chi connectivity index (χ4n) is 3.95. The van der Waals surface area contributed by atoms with Crippen molar-refractivity contribution in [2.45, 2.75) is 39.1 Å². The molecule has 0 amide bonds. The van der Waals surface area contributed by atoms with Gasteiger partial charge >= 0.3 is 0 Å². The van der Waals surface area contributed by atoms with Gasteiger partial charge in [-0.3, -0.25) is 0 Å². The molecule has 1 aliphatic heterocycles. The van der Waals surface area contributed by atoms with Crippen molar-refractivity contribution in [3.63, 3.8) is 0 Å². The van der Waals surface area contributed by atoms with E-state index in [0.717, 1.165) is 39.8 Å². The van der Waals surface area contributed by atoms with Crippen LogP contribution in [0.15, 0.2) is 54.6 Å². The molecule has 3 heteroatoms. The lowest BCUT2D eigenvalue weighted by atomic mass is 9.89. The standard InChI is InChI=1S/C23H24O3/c1-15-13-20-21(16(2)26-15)23(24-3)19-12-8-7-11-18(19)22(20)25-14-17-9-5-4-6-10-17/h4-12,15-16H,13-14H2,1-3H3/t15-,16-/m1/s1. The Morgan fingerprint density at radius 3 is 2.27 bits per heavy atom.